The van der Waals surface area contributed by atoms with E-state index in [0.29, 0.717) is 5.69 Å². The van der Waals surface area contributed by atoms with Crippen molar-refractivity contribution in [2.45, 2.75) is 6.42 Å². The Morgan fingerprint density at radius 2 is 1.95 bits per heavy atom. The number of sulfonamides is 1. The molecule has 20 heavy (non-hydrogen) atoms. The van der Waals surface area contributed by atoms with Crippen LogP contribution in [0.5, 0.6) is 0 Å². The molecule has 2 rings (SSSR count). The number of nitrogens with two attached hydrogens (primary N) is 1. The molecule has 1 aliphatic rings. The summed E-state index contributed by atoms with van der Waals surface area (Å²) in [5.41, 5.74) is 0.444. The minimum atomic E-state index is -3.62. The summed E-state index contributed by atoms with van der Waals surface area (Å²) in [7, 11) is -3.62. The Morgan fingerprint density at radius 1 is 1.35 bits per heavy atom. The van der Waals surface area contributed by atoms with Crippen molar-refractivity contribution in [1.29, 1.82) is 0 Å². The number of amides is 1. The first kappa shape index (κ1) is 14.4. The summed E-state index contributed by atoms with van der Waals surface area (Å²) < 4.78 is 22.1. The number of rotatable bonds is 4. The van der Waals surface area contributed by atoms with Gasteiger partial charge in [0, 0.05) is 36.7 Å². The summed E-state index contributed by atoms with van der Waals surface area (Å²) >= 11 is 0. The van der Waals surface area contributed by atoms with Gasteiger partial charge in [0.1, 0.15) is 0 Å². The lowest BCUT2D eigenvalue weighted by molar-refractivity contribution is -0.384. The molecule has 2 N–H and O–H groups in total. The molecule has 1 fully saturated rings. The Bertz CT molecular complexity index is 641. The van der Waals surface area contributed by atoms with Crippen LogP contribution in [-0.4, -0.2) is 31.5 Å². The number of non-ortho nitro benzene ring substituents is 1. The number of hydrogen-bond donors (Lipinski definition) is 1. The van der Waals surface area contributed by atoms with Crippen molar-refractivity contribution in [2.24, 2.45) is 11.1 Å². The molecule has 1 aromatic carbocycles. The highest BCUT2D eigenvalue weighted by atomic mass is 32.2. The molecule has 8 nitrogen and oxygen atoms in total. The van der Waals surface area contributed by atoms with E-state index in [4.69, 9.17) is 5.14 Å². The van der Waals surface area contributed by atoms with Gasteiger partial charge in [-0.25, -0.2) is 13.6 Å². The maximum Gasteiger partial charge on any atom is 0.269 e. The van der Waals surface area contributed by atoms with Gasteiger partial charge >= 0.3 is 0 Å². The summed E-state index contributed by atoms with van der Waals surface area (Å²) in [5, 5.41) is 15.5. The zero-order valence-corrected chi connectivity index (χ0v) is 11.2. The van der Waals surface area contributed by atoms with Crippen LogP contribution in [0.4, 0.5) is 11.4 Å². The van der Waals surface area contributed by atoms with Gasteiger partial charge in [-0.2, -0.15) is 0 Å². The third kappa shape index (κ3) is 3.31. The van der Waals surface area contributed by atoms with Crippen molar-refractivity contribution in [3.8, 4) is 0 Å². The van der Waals surface area contributed by atoms with E-state index in [9.17, 15) is 23.3 Å². The molecule has 1 atom stereocenters. The van der Waals surface area contributed by atoms with E-state index in [0.717, 1.165) is 0 Å². The zero-order valence-electron chi connectivity index (χ0n) is 10.4. The van der Waals surface area contributed by atoms with Crippen LogP contribution >= 0.6 is 0 Å². The second kappa shape index (κ2) is 5.17. The Morgan fingerprint density at radius 3 is 2.45 bits per heavy atom. The van der Waals surface area contributed by atoms with Crippen LogP contribution in [0.1, 0.15) is 6.42 Å². The fourth-order valence-corrected chi connectivity index (χ4v) is 3.11. The van der Waals surface area contributed by atoms with Crippen molar-refractivity contribution in [1.82, 2.24) is 0 Å². The van der Waals surface area contributed by atoms with E-state index in [1.807, 2.05) is 0 Å². The second-order valence-electron chi connectivity index (χ2n) is 4.68. The van der Waals surface area contributed by atoms with E-state index in [-0.39, 0.29) is 36.2 Å². The smallest absolute Gasteiger partial charge is 0.269 e. The first-order valence-corrected chi connectivity index (χ1v) is 7.53. The van der Waals surface area contributed by atoms with Gasteiger partial charge in [0.25, 0.3) is 5.69 Å². The highest BCUT2D eigenvalue weighted by molar-refractivity contribution is 7.89. The molecule has 1 aliphatic heterocycles. The number of nitro groups is 1. The predicted molar refractivity (Wildman–Crippen MR) is 71.5 cm³/mol. The van der Waals surface area contributed by atoms with Crippen LogP contribution in [0.15, 0.2) is 24.3 Å². The lowest BCUT2D eigenvalue weighted by Crippen LogP contribution is -2.27. The monoisotopic (exact) mass is 299 g/mol. The molecule has 0 spiro atoms. The minimum Gasteiger partial charge on any atom is -0.312 e. The van der Waals surface area contributed by atoms with Crippen molar-refractivity contribution in [2.75, 3.05) is 17.2 Å². The number of anilines is 1. The normalized spacial score (nSPS) is 19.4. The van der Waals surface area contributed by atoms with Crippen LogP contribution in [0.3, 0.4) is 0 Å². The molecule has 0 aromatic heterocycles. The number of primary sulfonamides is 1. The molecule has 1 aromatic rings. The predicted octanol–water partition coefficient (Wildman–Crippen LogP) is 0.236. The third-order valence-corrected chi connectivity index (χ3v) is 3.98. The van der Waals surface area contributed by atoms with Crippen molar-refractivity contribution in [3.05, 3.63) is 34.4 Å². The molecule has 9 heteroatoms. The minimum absolute atomic E-state index is 0.0681. The Labute approximate surface area is 115 Å². The molecule has 108 valence electrons. The molecule has 0 aliphatic carbocycles. The average molecular weight is 299 g/mol. The fraction of sp³-hybridized carbons (Fsp3) is 0.364. The number of carbonyl (C=O) groups excluding carboxylic acids is 1. The Hall–Kier alpha value is -2.00. The van der Waals surface area contributed by atoms with Gasteiger partial charge in [0.05, 0.1) is 10.7 Å². The molecule has 0 radical (unpaired) electrons. The summed E-state index contributed by atoms with van der Waals surface area (Å²) in [6.45, 7) is 0.243. The SMILES string of the molecule is NS(=O)(=O)CC1CC(=O)N(c2ccc([N+](=O)[O-])cc2)C1. The topological polar surface area (TPSA) is 124 Å². The molecular formula is C11H13N3O5S. The number of hydrogen-bond acceptors (Lipinski definition) is 5. The van der Waals surface area contributed by atoms with E-state index >= 15 is 0 Å². The van der Waals surface area contributed by atoms with Crippen LogP contribution in [0.25, 0.3) is 0 Å². The molecular weight excluding hydrogens is 286 g/mol. The number of benzene rings is 1. The van der Waals surface area contributed by atoms with Crippen LogP contribution < -0.4 is 10.0 Å². The molecule has 1 unspecified atom stereocenters. The second-order valence-corrected chi connectivity index (χ2v) is 6.34. The lowest BCUT2D eigenvalue weighted by atomic mass is 10.1. The first-order chi connectivity index (χ1) is 9.26. The molecule has 1 saturated heterocycles. The first-order valence-electron chi connectivity index (χ1n) is 5.81. The van der Waals surface area contributed by atoms with E-state index in [2.05, 4.69) is 0 Å². The molecule has 0 bridgehead atoms. The van der Waals surface area contributed by atoms with Gasteiger partial charge in [-0.15, -0.1) is 0 Å². The summed E-state index contributed by atoms with van der Waals surface area (Å²) in [4.78, 5) is 23.3. The number of nitro benzene ring substituents is 1. The van der Waals surface area contributed by atoms with Crippen molar-refractivity contribution >= 4 is 27.3 Å². The highest BCUT2D eigenvalue weighted by Gasteiger charge is 2.32. The van der Waals surface area contributed by atoms with Gasteiger partial charge in [-0.05, 0) is 12.1 Å². The standard InChI is InChI=1S/C11H13N3O5S/c12-20(18,19)7-8-5-11(15)13(6-8)9-1-3-10(4-2-9)14(16)17/h1-4,8H,5-7H2,(H2,12,18,19). The van der Waals surface area contributed by atoms with Gasteiger partial charge in [0.15, 0.2) is 0 Å². The Kier molecular flexibility index (Phi) is 3.73. The van der Waals surface area contributed by atoms with Crippen LogP contribution in [0.2, 0.25) is 0 Å². The number of nitrogens with zero attached hydrogens (tertiary/aromatic N) is 2. The average Bonchev–Trinajstić information content (AvgIpc) is 2.67. The molecule has 1 amide bonds. The van der Waals surface area contributed by atoms with Gasteiger partial charge in [-0.1, -0.05) is 0 Å². The molecule has 0 saturated carbocycles. The maximum absolute atomic E-state index is 11.8. The lowest BCUT2D eigenvalue weighted by Gasteiger charge is -2.16. The maximum atomic E-state index is 11.8. The highest BCUT2D eigenvalue weighted by Crippen LogP contribution is 2.27. The molecule has 1 heterocycles. The van der Waals surface area contributed by atoms with Crippen molar-refractivity contribution < 1.29 is 18.1 Å². The van der Waals surface area contributed by atoms with Crippen LogP contribution in [-0.2, 0) is 14.8 Å². The van der Waals surface area contributed by atoms with Gasteiger partial charge < -0.3 is 4.90 Å². The van der Waals surface area contributed by atoms with Gasteiger partial charge in [0.2, 0.25) is 15.9 Å². The Balaban J connectivity index is 2.13. The zero-order chi connectivity index (χ0) is 14.9. The quantitative estimate of drug-likeness (QED) is 0.629. The van der Waals surface area contributed by atoms with E-state index < -0.39 is 14.9 Å². The van der Waals surface area contributed by atoms with Gasteiger partial charge in [-0.3, -0.25) is 14.9 Å². The van der Waals surface area contributed by atoms with Crippen molar-refractivity contribution in [3.63, 3.8) is 0 Å². The fourth-order valence-electron chi connectivity index (χ4n) is 2.23. The van der Waals surface area contributed by atoms with E-state index in [1.54, 1.807) is 0 Å². The van der Waals surface area contributed by atoms with Crippen LogP contribution in [0, 0.1) is 16.0 Å². The summed E-state index contributed by atoms with van der Waals surface area (Å²) in [5.74, 6) is -0.817. The third-order valence-electron chi connectivity index (χ3n) is 3.05. The largest absolute Gasteiger partial charge is 0.312 e. The summed E-state index contributed by atoms with van der Waals surface area (Å²) in [6, 6.07) is 5.54. The number of carbonyl (C=O) groups is 1. The van der Waals surface area contributed by atoms with E-state index in [1.165, 1.54) is 29.2 Å². The summed E-state index contributed by atoms with van der Waals surface area (Å²) in [6.07, 6.45) is 0.105.